The van der Waals surface area contributed by atoms with E-state index in [1.54, 1.807) is 0 Å². The van der Waals surface area contributed by atoms with Gasteiger partial charge < -0.3 is 20.8 Å². The molecule has 5 heteroatoms. The number of rotatable bonds is 2. The summed E-state index contributed by atoms with van der Waals surface area (Å²) in [5.74, 6) is 2.24. The van der Waals surface area contributed by atoms with Gasteiger partial charge in [-0.15, -0.1) is 0 Å². The molecule has 0 aromatic carbocycles. The minimum atomic E-state index is 0.439. The van der Waals surface area contributed by atoms with Crippen molar-refractivity contribution in [3.8, 4) is 0 Å². The SMILES string of the molecule is Cc1nc(NC2CCOCC2)c(N)[nH]1. The quantitative estimate of drug-likeness (QED) is 0.656. The third-order valence-corrected chi connectivity index (χ3v) is 2.41. The molecule has 4 N–H and O–H groups in total. The number of aryl methyl sites for hydroxylation is 1. The first-order chi connectivity index (χ1) is 6.75. The second kappa shape index (κ2) is 3.88. The summed E-state index contributed by atoms with van der Waals surface area (Å²) in [6.45, 7) is 3.54. The van der Waals surface area contributed by atoms with E-state index in [1.807, 2.05) is 6.92 Å². The highest BCUT2D eigenvalue weighted by Gasteiger charge is 2.15. The van der Waals surface area contributed by atoms with Gasteiger partial charge >= 0.3 is 0 Å². The Balaban J connectivity index is 1.98. The number of nitrogen functional groups attached to an aromatic ring is 1. The molecule has 0 bridgehead atoms. The van der Waals surface area contributed by atoms with Gasteiger partial charge in [0.25, 0.3) is 0 Å². The van der Waals surface area contributed by atoms with Gasteiger partial charge in [-0.05, 0) is 19.8 Å². The Labute approximate surface area is 83.0 Å². The maximum atomic E-state index is 5.75. The maximum absolute atomic E-state index is 5.75. The number of imidazole rings is 1. The van der Waals surface area contributed by atoms with E-state index in [0.717, 1.165) is 37.7 Å². The second-order valence-electron chi connectivity index (χ2n) is 3.62. The van der Waals surface area contributed by atoms with Gasteiger partial charge in [0, 0.05) is 19.3 Å². The molecular formula is C9H16N4O. The predicted octanol–water partition coefficient (Wildman–Crippen LogP) is 0.891. The number of ether oxygens (including phenoxy) is 1. The minimum Gasteiger partial charge on any atom is -0.382 e. The van der Waals surface area contributed by atoms with E-state index in [2.05, 4.69) is 15.3 Å². The van der Waals surface area contributed by atoms with Crippen LogP contribution in [0.1, 0.15) is 18.7 Å². The lowest BCUT2D eigenvalue weighted by atomic mass is 10.1. The topological polar surface area (TPSA) is 76.0 Å². The number of aromatic nitrogens is 2. The normalized spacial score (nSPS) is 18.4. The molecule has 1 aromatic heterocycles. The van der Waals surface area contributed by atoms with Gasteiger partial charge in [-0.3, -0.25) is 0 Å². The van der Waals surface area contributed by atoms with Crippen LogP contribution in [0, 0.1) is 6.92 Å². The third kappa shape index (κ3) is 1.98. The molecule has 0 radical (unpaired) electrons. The molecule has 78 valence electrons. The summed E-state index contributed by atoms with van der Waals surface area (Å²) in [7, 11) is 0. The average Bonchev–Trinajstić information content (AvgIpc) is 2.47. The van der Waals surface area contributed by atoms with Crippen molar-refractivity contribution in [3.05, 3.63) is 5.82 Å². The van der Waals surface area contributed by atoms with Gasteiger partial charge in [-0.2, -0.15) is 0 Å². The highest BCUT2D eigenvalue weighted by molar-refractivity contribution is 5.57. The summed E-state index contributed by atoms with van der Waals surface area (Å²) in [6.07, 6.45) is 2.04. The Morgan fingerprint density at radius 3 is 2.79 bits per heavy atom. The van der Waals surface area contributed by atoms with Crippen LogP contribution in [0.4, 0.5) is 11.6 Å². The zero-order valence-electron chi connectivity index (χ0n) is 8.34. The number of nitrogens with one attached hydrogen (secondary N) is 2. The molecule has 0 atom stereocenters. The summed E-state index contributed by atoms with van der Waals surface area (Å²) < 4.78 is 5.27. The number of nitrogens with two attached hydrogens (primary N) is 1. The molecule has 2 heterocycles. The molecule has 0 aliphatic carbocycles. The fourth-order valence-corrected chi connectivity index (χ4v) is 1.66. The monoisotopic (exact) mass is 196 g/mol. The minimum absolute atomic E-state index is 0.439. The first kappa shape index (κ1) is 9.33. The summed E-state index contributed by atoms with van der Waals surface area (Å²) >= 11 is 0. The Kier molecular flexibility index (Phi) is 2.58. The van der Waals surface area contributed by atoms with Crippen LogP contribution < -0.4 is 11.1 Å². The van der Waals surface area contributed by atoms with E-state index in [-0.39, 0.29) is 0 Å². The number of aromatic amines is 1. The van der Waals surface area contributed by atoms with Crippen LogP contribution in [-0.4, -0.2) is 29.2 Å². The number of hydrogen-bond donors (Lipinski definition) is 3. The van der Waals surface area contributed by atoms with Crippen molar-refractivity contribution in [2.24, 2.45) is 0 Å². The van der Waals surface area contributed by atoms with Crippen LogP contribution in [-0.2, 0) is 4.74 Å². The van der Waals surface area contributed by atoms with Crippen molar-refractivity contribution in [1.82, 2.24) is 9.97 Å². The van der Waals surface area contributed by atoms with Gasteiger partial charge in [0.1, 0.15) is 11.6 Å². The molecule has 1 aliphatic heterocycles. The molecule has 1 saturated heterocycles. The molecule has 2 rings (SSSR count). The van der Waals surface area contributed by atoms with Crippen molar-refractivity contribution >= 4 is 11.6 Å². The van der Waals surface area contributed by atoms with E-state index >= 15 is 0 Å². The molecule has 5 nitrogen and oxygen atoms in total. The summed E-state index contributed by atoms with van der Waals surface area (Å²) in [4.78, 5) is 7.24. The van der Waals surface area contributed by atoms with Gasteiger partial charge in [-0.25, -0.2) is 4.98 Å². The second-order valence-corrected chi connectivity index (χ2v) is 3.62. The maximum Gasteiger partial charge on any atom is 0.168 e. The zero-order chi connectivity index (χ0) is 9.97. The van der Waals surface area contributed by atoms with Crippen molar-refractivity contribution in [3.63, 3.8) is 0 Å². The van der Waals surface area contributed by atoms with Crippen molar-refractivity contribution in [2.45, 2.75) is 25.8 Å². The van der Waals surface area contributed by atoms with E-state index in [9.17, 15) is 0 Å². The molecule has 0 amide bonds. The zero-order valence-corrected chi connectivity index (χ0v) is 8.34. The number of nitrogens with zero attached hydrogens (tertiary/aromatic N) is 1. The van der Waals surface area contributed by atoms with Crippen molar-refractivity contribution < 1.29 is 4.74 Å². The van der Waals surface area contributed by atoms with Gasteiger partial charge in [0.05, 0.1) is 0 Å². The standard InChI is InChI=1S/C9H16N4O/c1-6-11-8(10)9(12-6)13-7-2-4-14-5-3-7/h7,13H,2-5,10H2,1H3,(H,11,12). The van der Waals surface area contributed by atoms with Crippen LogP contribution in [0.3, 0.4) is 0 Å². The molecule has 1 aromatic rings. The van der Waals surface area contributed by atoms with Crippen molar-refractivity contribution in [1.29, 1.82) is 0 Å². The Hall–Kier alpha value is -1.23. The third-order valence-electron chi connectivity index (χ3n) is 2.41. The predicted molar refractivity (Wildman–Crippen MR) is 55.2 cm³/mol. The highest BCUT2D eigenvalue weighted by atomic mass is 16.5. The molecule has 0 unspecified atom stereocenters. The molecular weight excluding hydrogens is 180 g/mol. The lowest BCUT2D eigenvalue weighted by molar-refractivity contribution is 0.0904. The van der Waals surface area contributed by atoms with Crippen molar-refractivity contribution in [2.75, 3.05) is 24.3 Å². The number of H-pyrrole nitrogens is 1. The smallest absolute Gasteiger partial charge is 0.168 e. The molecule has 1 fully saturated rings. The van der Waals surface area contributed by atoms with Crippen LogP contribution in [0.25, 0.3) is 0 Å². The van der Waals surface area contributed by atoms with Gasteiger partial charge in [0.2, 0.25) is 0 Å². The Morgan fingerprint density at radius 1 is 1.50 bits per heavy atom. The fraction of sp³-hybridized carbons (Fsp3) is 0.667. The molecule has 0 spiro atoms. The molecule has 14 heavy (non-hydrogen) atoms. The van der Waals surface area contributed by atoms with E-state index in [1.165, 1.54) is 0 Å². The van der Waals surface area contributed by atoms with E-state index < -0.39 is 0 Å². The van der Waals surface area contributed by atoms with Crippen LogP contribution >= 0.6 is 0 Å². The molecule has 0 saturated carbocycles. The largest absolute Gasteiger partial charge is 0.382 e. The summed E-state index contributed by atoms with van der Waals surface area (Å²) in [5.41, 5.74) is 5.75. The van der Waals surface area contributed by atoms with Gasteiger partial charge in [0.15, 0.2) is 5.82 Å². The number of hydrogen-bond acceptors (Lipinski definition) is 4. The van der Waals surface area contributed by atoms with Gasteiger partial charge in [-0.1, -0.05) is 0 Å². The Morgan fingerprint density at radius 2 is 2.21 bits per heavy atom. The van der Waals surface area contributed by atoms with Crippen LogP contribution in [0.15, 0.2) is 0 Å². The summed E-state index contributed by atoms with van der Waals surface area (Å²) in [6, 6.07) is 0.439. The molecule has 1 aliphatic rings. The lowest BCUT2D eigenvalue weighted by Gasteiger charge is -2.23. The lowest BCUT2D eigenvalue weighted by Crippen LogP contribution is -2.28. The first-order valence-electron chi connectivity index (χ1n) is 4.92. The fourth-order valence-electron chi connectivity index (χ4n) is 1.66. The number of anilines is 2. The van der Waals surface area contributed by atoms with Crippen LogP contribution in [0.5, 0.6) is 0 Å². The summed E-state index contributed by atoms with van der Waals surface area (Å²) in [5, 5.41) is 3.32. The van der Waals surface area contributed by atoms with E-state index in [0.29, 0.717) is 11.9 Å². The van der Waals surface area contributed by atoms with Crippen LogP contribution in [0.2, 0.25) is 0 Å². The average molecular weight is 196 g/mol. The van der Waals surface area contributed by atoms with E-state index in [4.69, 9.17) is 10.5 Å². The highest BCUT2D eigenvalue weighted by Crippen LogP contribution is 2.18. The Bertz CT molecular complexity index is 304. The first-order valence-corrected chi connectivity index (χ1v) is 4.92.